The summed E-state index contributed by atoms with van der Waals surface area (Å²) in [6.07, 6.45) is 4.35. The van der Waals surface area contributed by atoms with Crippen LogP contribution in [-0.4, -0.2) is 56.8 Å². The van der Waals surface area contributed by atoms with Gasteiger partial charge >= 0.3 is 0 Å². The number of hydrogen-bond donors (Lipinski definition) is 2. The van der Waals surface area contributed by atoms with Crippen LogP contribution in [0.15, 0.2) is 40.7 Å². The Bertz CT molecular complexity index is 847. The van der Waals surface area contributed by atoms with Crippen molar-refractivity contribution in [3.63, 3.8) is 0 Å². The SMILES string of the molecule is CCCN1CCC(CN=C(NCCc2cccs2)Nc2ccc3c(c2)OCCCO3)C1.I. The van der Waals surface area contributed by atoms with Crippen molar-refractivity contribution in [2.75, 3.05) is 51.3 Å². The van der Waals surface area contributed by atoms with E-state index in [-0.39, 0.29) is 24.0 Å². The summed E-state index contributed by atoms with van der Waals surface area (Å²) in [7, 11) is 0. The molecule has 1 saturated heterocycles. The number of anilines is 1. The van der Waals surface area contributed by atoms with Crippen LogP contribution in [0.5, 0.6) is 11.5 Å². The van der Waals surface area contributed by atoms with Crippen LogP contribution in [0.4, 0.5) is 5.69 Å². The highest BCUT2D eigenvalue weighted by Gasteiger charge is 2.21. The number of rotatable bonds is 8. The van der Waals surface area contributed by atoms with E-state index in [2.05, 4.69) is 40.0 Å². The van der Waals surface area contributed by atoms with Crippen molar-refractivity contribution in [2.45, 2.75) is 32.6 Å². The van der Waals surface area contributed by atoms with Crippen LogP contribution in [0.25, 0.3) is 0 Å². The molecular formula is C24H35IN4O2S. The van der Waals surface area contributed by atoms with Crippen molar-refractivity contribution in [1.29, 1.82) is 0 Å². The number of hydrogen-bond acceptors (Lipinski definition) is 5. The van der Waals surface area contributed by atoms with Gasteiger partial charge < -0.3 is 25.0 Å². The Morgan fingerprint density at radius 3 is 2.91 bits per heavy atom. The number of fused-ring (bicyclic) bond motifs is 1. The normalized spacial score (nSPS) is 18.7. The molecule has 1 unspecified atom stereocenters. The summed E-state index contributed by atoms with van der Waals surface area (Å²) in [6.45, 7) is 8.89. The fourth-order valence-corrected chi connectivity index (χ4v) is 4.79. The summed E-state index contributed by atoms with van der Waals surface area (Å²) in [5, 5.41) is 9.13. The third kappa shape index (κ3) is 7.52. The lowest BCUT2D eigenvalue weighted by molar-refractivity contribution is 0.297. The van der Waals surface area contributed by atoms with Gasteiger partial charge in [0.2, 0.25) is 0 Å². The maximum Gasteiger partial charge on any atom is 0.195 e. The maximum atomic E-state index is 5.85. The minimum atomic E-state index is 0. The number of nitrogens with one attached hydrogen (secondary N) is 2. The minimum Gasteiger partial charge on any atom is -0.490 e. The third-order valence-electron chi connectivity index (χ3n) is 5.67. The van der Waals surface area contributed by atoms with E-state index in [1.807, 2.05) is 18.2 Å². The minimum absolute atomic E-state index is 0. The maximum absolute atomic E-state index is 5.85. The van der Waals surface area contributed by atoms with Crippen molar-refractivity contribution >= 4 is 47.0 Å². The lowest BCUT2D eigenvalue weighted by atomic mass is 10.1. The van der Waals surface area contributed by atoms with E-state index in [0.717, 1.165) is 55.6 Å². The van der Waals surface area contributed by atoms with E-state index >= 15 is 0 Å². The van der Waals surface area contributed by atoms with Gasteiger partial charge in [-0.1, -0.05) is 13.0 Å². The first-order valence-electron chi connectivity index (χ1n) is 11.5. The zero-order valence-corrected chi connectivity index (χ0v) is 22.0. The number of halogens is 1. The van der Waals surface area contributed by atoms with Gasteiger partial charge in [0.15, 0.2) is 17.5 Å². The Labute approximate surface area is 212 Å². The Morgan fingerprint density at radius 2 is 2.09 bits per heavy atom. The number of benzene rings is 1. The average Bonchev–Trinajstić information content (AvgIpc) is 3.40. The van der Waals surface area contributed by atoms with Crippen LogP contribution in [0.1, 0.15) is 31.1 Å². The lowest BCUT2D eigenvalue weighted by Gasteiger charge is -2.16. The van der Waals surface area contributed by atoms with Crippen molar-refractivity contribution in [3.05, 3.63) is 40.6 Å². The molecule has 32 heavy (non-hydrogen) atoms. The van der Waals surface area contributed by atoms with Gasteiger partial charge in [0.05, 0.1) is 13.2 Å². The van der Waals surface area contributed by atoms with Gasteiger partial charge in [-0.15, -0.1) is 35.3 Å². The number of likely N-dealkylation sites (tertiary alicyclic amines) is 1. The Balaban J connectivity index is 0.00000289. The quantitative estimate of drug-likeness (QED) is 0.270. The molecule has 2 N–H and O–H groups in total. The van der Waals surface area contributed by atoms with Crippen LogP contribution in [0.3, 0.4) is 0 Å². The van der Waals surface area contributed by atoms with Crippen LogP contribution >= 0.6 is 35.3 Å². The molecule has 1 atom stereocenters. The van der Waals surface area contributed by atoms with Crippen molar-refractivity contribution < 1.29 is 9.47 Å². The zero-order chi connectivity index (χ0) is 21.3. The molecule has 176 valence electrons. The van der Waals surface area contributed by atoms with Gasteiger partial charge in [0, 0.05) is 42.7 Å². The third-order valence-corrected chi connectivity index (χ3v) is 6.61. The van der Waals surface area contributed by atoms with Gasteiger partial charge in [-0.25, -0.2) is 0 Å². The molecule has 0 aliphatic carbocycles. The Kier molecular flexibility index (Phi) is 10.4. The first kappa shape index (κ1) is 25.1. The van der Waals surface area contributed by atoms with E-state index in [1.54, 1.807) is 11.3 Å². The predicted molar refractivity (Wildman–Crippen MR) is 144 cm³/mol. The highest BCUT2D eigenvalue weighted by molar-refractivity contribution is 14.0. The average molecular weight is 571 g/mol. The fourth-order valence-electron chi connectivity index (χ4n) is 4.08. The van der Waals surface area contributed by atoms with Gasteiger partial charge in [-0.2, -0.15) is 0 Å². The van der Waals surface area contributed by atoms with Gasteiger partial charge in [-0.05, 0) is 61.8 Å². The molecule has 8 heteroatoms. The molecule has 0 radical (unpaired) electrons. The molecule has 2 aliphatic heterocycles. The smallest absolute Gasteiger partial charge is 0.195 e. The van der Waals surface area contributed by atoms with Crippen LogP contribution in [-0.2, 0) is 6.42 Å². The number of nitrogens with zero attached hydrogens (tertiary/aromatic N) is 2. The van der Waals surface area contributed by atoms with E-state index in [0.29, 0.717) is 19.1 Å². The summed E-state index contributed by atoms with van der Waals surface area (Å²) in [5.41, 5.74) is 0.964. The monoisotopic (exact) mass is 570 g/mol. The summed E-state index contributed by atoms with van der Waals surface area (Å²) >= 11 is 1.80. The fraction of sp³-hybridized carbons (Fsp3) is 0.542. The molecule has 0 amide bonds. The lowest BCUT2D eigenvalue weighted by Crippen LogP contribution is -2.33. The van der Waals surface area contributed by atoms with Gasteiger partial charge in [0.1, 0.15) is 0 Å². The molecule has 4 rings (SSSR count). The van der Waals surface area contributed by atoms with Crippen molar-refractivity contribution in [2.24, 2.45) is 10.9 Å². The Morgan fingerprint density at radius 1 is 1.22 bits per heavy atom. The molecule has 3 heterocycles. The molecule has 0 spiro atoms. The van der Waals surface area contributed by atoms with Gasteiger partial charge in [0.25, 0.3) is 0 Å². The van der Waals surface area contributed by atoms with E-state index in [4.69, 9.17) is 14.5 Å². The van der Waals surface area contributed by atoms with Crippen molar-refractivity contribution in [3.8, 4) is 11.5 Å². The zero-order valence-electron chi connectivity index (χ0n) is 18.8. The van der Waals surface area contributed by atoms with Crippen LogP contribution in [0.2, 0.25) is 0 Å². The molecule has 6 nitrogen and oxygen atoms in total. The van der Waals surface area contributed by atoms with E-state index in [9.17, 15) is 0 Å². The molecule has 1 fully saturated rings. The number of ether oxygens (including phenoxy) is 2. The van der Waals surface area contributed by atoms with Crippen LogP contribution in [0, 0.1) is 5.92 Å². The largest absolute Gasteiger partial charge is 0.490 e. The molecule has 1 aromatic carbocycles. The first-order valence-corrected chi connectivity index (χ1v) is 12.4. The summed E-state index contributed by atoms with van der Waals surface area (Å²) in [6, 6.07) is 10.3. The van der Waals surface area contributed by atoms with E-state index < -0.39 is 0 Å². The molecule has 0 saturated carbocycles. The second kappa shape index (κ2) is 13.3. The highest BCUT2D eigenvalue weighted by atomic mass is 127. The number of thiophene rings is 1. The predicted octanol–water partition coefficient (Wildman–Crippen LogP) is 4.86. The number of guanidine groups is 1. The topological polar surface area (TPSA) is 58.1 Å². The molecule has 2 aliphatic rings. The molecule has 0 bridgehead atoms. The Hall–Kier alpha value is -1.52. The molecule has 2 aromatic rings. The van der Waals surface area contributed by atoms with E-state index in [1.165, 1.54) is 30.8 Å². The van der Waals surface area contributed by atoms with Crippen LogP contribution < -0.4 is 20.1 Å². The van der Waals surface area contributed by atoms with Gasteiger partial charge in [-0.3, -0.25) is 4.99 Å². The molecular weight excluding hydrogens is 535 g/mol. The summed E-state index contributed by atoms with van der Waals surface area (Å²) < 4.78 is 11.6. The van der Waals surface area contributed by atoms with Crippen molar-refractivity contribution in [1.82, 2.24) is 10.2 Å². The summed E-state index contributed by atoms with van der Waals surface area (Å²) in [5.74, 6) is 3.08. The molecule has 1 aromatic heterocycles. The standard InChI is InChI=1S/C24H34N4O2S.HI/c1-2-11-28-12-9-19(18-28)17-26-24(25-10-8-21-5-3-15-31-21)27-20-6-7-22-23(16-20)30-14-4-13-29-22;/h3,5-7,15-16,19H,2,4,8-14,17-18H2,1H3,(H2,25,26,27);1H. The second-order valence-corrected chi connectivity index (χ2v) is 9.27. The highest BCUT2D eigenvalue weighted by Crippen LogP contribution is 2.32. The first-order chi connectivity index (χ1) is 15.3. The summed E-state index contributed by atoms with van der Waals surface area (Å²) in [4.78, 5) is 8.88. The second-order valence-electron chi connectivity index (χ2n) is 8.24. The number of aliphatic imine (C=N–C) groups is 1.